The van der Waals surface area contributed by atoms with Gasteiger partial charge in [-0.3, -0.25) is 44.1 Å². The molecule has 3 saturated heterocycles. The first-order chi connectivity index (χ1) is 31.6. The SMILES string of the molecule is CCCCOC(=O)CCN1CCN(CC2CN(c3ccc(C(=N)NC(=O)c4ccoc4)cc3)C(=O)O2)CC1.CS(=O)(=O)OCC1CN(c2ccc(C(=N)NC(=O)c3ccoc3)cc2)C(=O)O1. The van der Waals surface area contributed by atoms with Crippen molar-refractivity contribution >= 4 is 63.1 Å². The number of esters is 1. The van der Waals surface area contributed by atoms with Gasteiger partial charge in [-0.15, -0.1) is 0 Å². The van der Waals surface area contributed by atoms with Gasteiger partial charge in [0.2, 0.25) is 0 Å². The summed E-state index contributed by atoms with van der Waals surface area (Å²) < 4.78 is 52.4. The minimum atomic E-state index is -3.63. The van der Waals surface area contributed by atoms with E-state index >= 15 is 0 Å². The molecule has 3 aliphatic heterocycles. The maximum atomic E-state index is 12.5. The molecule has 0 radical (unpaired) electrons. The lowest BCUT2D eigenvalue weighted by Crippen LogP contribution is -2.49. The fraction of sp³-hybridized carbons (Fsp3) is 0.386. The van der Waals surface area contributed by atoms with Crippen LogP contribution in [0.4, 0.5) is 21.0 Å². The highest BCUT2D eigenvalue weighted by atomic mass is 32.2. The van der Waals surface area contributed by atoms with Gasteiger partial charge in [-0.25, -0.2) is 9.59 Å². The highest BCUT2D eigenvalue weighted by Gasteiger charge is 2.35. The van der Waals surface area contributed by atoms with Crippen molar-refractivity contribution in [3.63, 3.8) is 0 Å². The Kier molecular flexibility index (Phi) is 16.8. The lowest BCUT2D eigenvalue weighted by Gasteiger charge is -2.35. The molecule has 2 unspecified atom stereocenters. The Balaban J connectivity index is 0.000000229. The summed E-state index contributed by atoms with van der Waals surface area (Å²) in [5.41, 5.74) is 2.76. The maximum Gasteiger partial charge on any atom is 0.414 e. The Bertz CT molecular complexity index is 2420. The number of amidine groups is 2. The third-order valence-corrected chi connectivity index (χ3v) is 11.1. The highest BCUT2D eigenvalue weighted by Crippen LogP contribution is 2.24. The molecule has 352 valence electrons. The number of rotatable bonds is 17. The Morgan fingerprint density at radius 2 is 1.20 bits per heavy atom. The molecular formula is C44H52N8O13S. The number of piperazine rings is 1. The van der Waals surface area contributed by atoms with Crippen LogP contribution in [-0.2, 0) is 33.3 Å². The first-order valence-electron chi connectivity index (χ1n) is 21.1. The van der Waals surface area contributed by atoms with Crippen LogP contribution >= 0.6 is 0 Å². The van der Waals surface area contributed by atoms with Crippen molar-refractivity contribution in [1.29, 1.82) is 10.8 Å². The molecule has 4 aromatic rings. The molecule has 0 saturated carbocycles. The lowest BCUT2D eigenvalue weighted by atomic mass is 10.1. The summed E-state index contributed by atoms with van der Waals surface area (Å²) in [5, 5.41) is 21.1. The zero-order valence-electron chi connectivity index (χ0n) is 36.4. The van der Waals surface area contributed by atoms with E-state index in [1.165, 1.54) is 42.1 Å². The zero-order valence-corrected chi connectivity index (χ0v) is 37.3. The molecule has 2 atom stereocenters. The molecule has 5 heterocycles. The number of hydrogen-bond donors (Lipinski definition) is 4. The van der Waals surface area contributed by atoms with Crippen LogP contribution in [0.25, 0.3) is 0 Å². The minimum absolute atomic E-state index is 0.0443. The van der Waals surface area contributed by atoms with Crippen molar-refractivity contribution in [2.24, 2.45) is 0 Å². The molecule has 7 rings (SSSR count). The van der Waals surface area contributed by atoms with Gasteiger partial charge in [0.05, 0.1) is 56.0 Å². The van der Waals surface area contributed by atoms with E-state index in [1.54, 1.807) is 53.4 Å². The number of benzene rings is 2. The van der Waals surface area contributed by atoms with Crippen LogP contribution in [0.3, 0.4) is 0 Å². The van der Waals surface area contributed by atoms with Gasteiger partial charge in [0.25, 0.3) is 21.9 Å². The third-order valence-electron chi connectivity index (χ3n) is 10.5. The Labute approximate surface area is 381 Å². The van der Waals surface area contributed by atoms with Gasteiger partial charge in [0, 0.05) is 61.8 Å². The van der Waals surface area contributed by atoms with Crippen LogP contribution in [0, 0.1) is 10.8 Å². The summed E-state index contributed by atoms with van der Waals surface area (Å²) in [6, 6.07) is 16.2. The Hall–Kier alpha value is -6.88. The van der Waals surface area contributed by atoms with Gasteiger partial charge in [-0.1, -0.05) is 13.3 Å². The minimum Gasteiger partial charge on any atom is -0.472 e. The quantitative estimate of drug-likeness (QED) is 0.0291. The van der Waals surface area contributed by atoms with Crippen molar-refractivity contribution in [1.82, 2.24) is 20.4 Å². The molecule has 0 bridgehead atoms. The molecule has 3 fully saturated rings. The van der Waals surface area contributed by atoms with Gasteiger partial charge in [0.15, 0.2) is 0 Å². The summed E-state index contributed by atoms with van der Waals surface area (Å²) in [6.45, 7) is 7.64. The second-order valence-electron chi connectivity index (χ2n) is 15.5. The van der Waals surface area contributed by atoms with Gasteiger partial charge in [0.1, 0.15) is 43.0 Å². The molecule has 3 aliphatic rings. The second kappa shape index (κ2) is 22.8. The summed E-state index contributed by atoms with van der Waals surface area (Å²) in [4.78, 5) is 67.9. The normalized spacial score (nSPS) is 17.6. The average molecular weight is 933 g/mol. The Morgan fingerprint density at radius 3 is 1.67 bits per heavy atom. The van der Waals surface area contributed by atoms with E-state index < -0.39 is 40.2 Å². The average Bonchev–Trinajstić information content (AvgIpc) is 4.15. The van der Waals surface area contributed by atoms with E-state index in [9.17, 15) is 32.4 Å². The molecule has 2 aromatic heterocycles. The summed E-state index contributed by atoms with van der Waals surface area (Å²) in [7, 11) is -3.63. The number of carbonyl (C=O) groups excluding carboxylic acids is 5. The van der Waals surface area contributed by atoms with Crippen LogP contribution in [0.1, 0.15) is 58.0 Å². The monoisotopic (exact) mass is 932 g/mol. The van der Waals surface area contributed by atoms with Crippen LogP contribution in [0.5, 0.6) is 0 Å². The van der Waals surface area contributed by atoms with E-state index in [4.69, 9.17) is 33.9 Å². The van der Waals surface area contributed by atoms with Crippen molar-refractivity contribution in [3.8, 4) is 0 Å². The number of nitrogens with one attached hydrogen (secondary N) is 4. The first kappa shape index (κ1) is 48.6. The summed E-state index contributed by atoms with van der Waals surface area (Å²) in [6.07, 6.45) is 6.60. The molecular weight excluding hydrogens is 881 g/mol. The predicted molar refractivity (Wildman–Crippen MR) is 238 cm³/mol. The summed E-state index contributed by atoms with van der Waals surface area (Å²) in [5.74, 6) is -1.19. The molecule has 21 nitrogen and oxygen atoms in total. The predicted octanol–water partition coefficient (Wildman–Crippen LogP) is 4.05. The lowest BCUT2D eigenvalue weighted by molar-refractivity contribution is -0.144. The van der Waals surface area contributed by atoms with Crippen molar-refractivity contribution in [2.45, 2.75) is 38.4 Å². The molecule has 4 N–H and O–H groups in total. The van der Waals surface area contributed by atoms with E-state index in [1.807, 2.05) is 0 Å². The number of furan rings is 2. The molecule has 2 aromatic carbocycles. The fourth-order valence-electron chi connectivity index (χ4n) is 6.90. The summed E-state index contributed by atoms with van der Waals surface area (Å²) >= 11 is 0. The first-order valence-corrected chi connectivity index (χ1v) is 22.9. The maximum absolute atomic E-state index is 12.5. The van der Waals surface area contributed by atoms with Gasteiger partial charge in [-0.05, 0) is 67.1 Å². The topological polar surface area (TPSA) is 267 Å². The van der Waals surface area contributed by atoms with Crippen LogP contribution in [0.15, 0.2) is 94.6 Å². The molecule has 0 spiro atoms. The number of nitrogens with zero attached hydrogens (tertiary/aromatic N) is 4. The number of amides is 4. The van der Waals surface area contributed by atoms with Gasteiger partial charge < -0.3 is 38.6 Å². The standard InChI is InChI=1S/C27H35N5O6.C17H17N3O7S/c1-2-3-15-37-24(33)8-10-30-11-13-31(14-12-30)17-23-18-32(27(35)38-23)22-6-4-20(5-7-22)25(28)29-26(34)21-9-16-36-19-21;1-28(23,24)26-10-14-8-20(17(22)27-14)13-4-2-11(3-5-13)15(18)19-16(21)12-6-7-25-9-12/h4-7,9,16,19,23H,2-3,8,10-15,17-18H2,1H3,(H2,28,29,34);2-7,9,14H,8,10H2,1H3,(H2,18,19,21). The Morgan fingerprint density at radius 1 is 0.712 bits per heavy atom. The molecule has 4 amide bonds. The van der Waals surface area contributed by atoms with E-state index in [0.29, 0.717) is 66.3 Å². The fourth-order valence-corrected chi connectivity index (χ4v) is 7.30. The van der Waals surface area contributed by atoms with E-state index in [2.05, 4.69) is 31.5 Å². The third kappa shape index (κ3) is 14.1. The van der Waals surface area contributed by atoms with Gasteiger partial charge in [-0.2, -0.15) is 8.42 Å². The van der Waals surface area contributed by atoms with Crippen molar-refractivity contribution in [3.05, 3.63) is 108 Å². The molecule has 66 heavy (non-hydrogen) atoms. The number of cyclic esters (lactones) is 2. The van der Waals surface area contributed by atoms with Crippen molar-refractivity contribution in [2.75, 3.05) is 81.6 Å². The number of unbranched alkanes of at least 4 members (excludes halogenated alkanes) is 1. The number of carbonyl (C=O) groups is 5. The van der Waals surface area contributed by atoms with Crippen molar-refractivity contribution < 1.29 is 59.6 Å². The number of hydrogen-bond acceptors (Lipinski definition) is 17. The van der Waals surface area contributed by atoms with E-state index in [0.717, 1.165) is 45.3 Å². The van der Waals surface area contributed by atoms with Crippen LogP contribution < -0.4 is 20.4 Å². The second-order valence-corrected chi connectivity index (χ2v) is 17.1. The van der Waals surface area contributed by atoms with Crippen LogP contribution in [-0.4, -0.2) is 144 Å². The zero-order chi connectivity index (χ0) is 47.2. The van der Waals surface area contributed by atoms with E-state index in [-0.39, 0.29) is 36.9 Å². The molecule has 0 aliphatic carbocycles. The number of ether oxygens (including phenoxy) is 3. The molecule has 22 heteroatoms. The van der Waals surface area contributed by atoms with Crippen LogP contribution in [0.2, 0.25) is 0 Å². The highest BCUT2D eigenvalue weighted by molar-refractivity contribution is 7.86. The smallest absolute Gasteiger partial charge is 0.414 e. The number of anilines is 2. The van der Waals surface area contributed by atoms with Gasteiger partial charge >= 0.3 is 18.2 Å². The largest absolute Gasteiger partial charge is 0.472 e.